The molecule has 0 fully saturated rings. The Morgan fingerprint density at radius 1 is 1.33 bits per heavy atom. The number of nitrogens with zero attached hydrogens (tertiary/aromatic N) is 5. The molecule has 0 N–H and O–H groups in total. The lowest BCUT2D eigenvalue weighted by atomic mass is 10.2. The molecule has 0 atom stereocenters. The van der Waals surface area contributed by atoms with E-state index in [0.29, 0.717) is 17.9 Å². The number of allylic oxidation sites excluding steroid dienone is 1. The van der Waals surface area contributed by atoms with Gasteiger partial charge in [-0.3, -0.25) is 0 Å². The number of thioether (sulfide) groups is 1. The van der Waals surface area contributed by atoms with E-state index in [0.717, 1.165) is 42.4 Å². The van der Waals surface area contributed by atoms with Gasteiger partial charge in [-0.2, -0.15) is 5.26 Å². The largest absolute Gasteiger partial charge is 0.329 e. The van der Waals surface area contributed by atoms with Crippen molar-refractivity contribution in [2.24, 2.45) is 0 Å². The molecule has 0 saturated heterocycles. The summed E-state index contributed by atoms with van der Waals surface area (Å²) in [6.07, 6.45) is 6.24. The minimum atomic E-state index is 0. The quantitative estimate of drug-likeness (QED) is 0.469. The van der Waals surface area contributed by atoms with Crippen LogP contribution >= 0.6 is 40.1 Å². The lowest BCUT2D eigenvalue weighted by molar-refractivity contribution is 0.587. The molecule has 0 unspecified atom stereocenters. The van der Waals surface area contributed by atoms with Crippen molar-refractivity contribution in [2.45, 2.75) is 32.2 Å². The first-order valence-electron chi connectivity index (χ1n) is 8.69. The number of thiophene rings is 1. The summed E-state index contributed by atoms with van der Waals surface area (Å²) in [4.78, 5) is 3.34. The summed E-state index contributed by atoms with van der Waals surface area (Å²) in [6.45, 7) is 5.42. The molecule has 0 bridgehead atoms. The van der Waals surface area contributed by atoms with E-state index < -0.39 is 0 Å². The van der Waals surface area contributed by atoms with Gasteiger partial charge in [0.25, 0.3) is 0 Å². The number of aromatic nitrogens is 3. The van der Waals surface area contributed by atoms with Crippen LogP contribution in [0.1, 0.15) is 35.8 Å². The second-order valence-electron chi connectivity index (χ2n) is 6.19. The first kappa shape index (κ1) is 19.9. The van der Waals surface area contributed by atoms with Crippen LogP contribution in [0.15, 0.2) is 40.6 Å². The molecule has 0 radical (unpaired) electrons. The fraction of sp³-hybridized carbons (Fsp3) is 0.316. The lowest BCUT2D eigenvalue weighted by Crippen LogP contribution is -2.18. The Bertz CT molecular complexity index is 921. The van der Waals surface area contributed by atoms with Crippen LogP contribution in [-0.4, -0.2) is 26.2 Å². The molecule has 0 amide bonds. The van der Waals surface area contributed by atoms with Crippen LogP contribution in [0.2, 0.25) is 0 Å². The van der Waals surface area contributed by atoms with Gasteiger partial charge in [0.1, 0.15) is 22.5 Å². The summed E-state index contributed by atoms with van der Waals surface area (Å²) in [5, 5.41) is 23.8. The van der Waals surface area contributed by atoms with E-state index in [9.17, 15) is 5.26 Å². The van der Waals surface area contributed by atoms with E-state index in [-0.39, 0.29) is 17.0 Å². The lowest BCUT2D eigenvalue weighted by Gasteiger charge is -2.22. The van der Waals surface area contributed by atoms with Crippen molar-refractivity contribution < 1.29 is 0 Å². The Labute approximate surface area is 177 Å². The zero-order chi connectivity index (χ0) is 17.9. The molecule has 4 heterocycles. The van der Waals surface area contributed by atoms with Crippen molar-refractivity contribution in [2.75, 3.05) is 6.54 Å². The van der Waals surface area contributed by atoms with E-state index in [1.165, 1.54) is 11.3 Å². The smallest absolute Gasteiger partial charge is 0.177 e. The van der Waals surface area contributed by atoms with Crippen molar-refractivity contribution >= 4 is 51.4 Å². The van der Waals surface area contributed by atoms with E-state index in [2.05, 4.69) is 49.2 Å². The van der Waals surface area contributed by atoms with Gasteiger partial charge in [0, 0.05) is 24.9 Å². The third kappa shape index (κ3) is 3.77. The summed E-state index contributed by atoms with van der Waals surface area (Å²) in [5.41, 5.74) is 1.71. The van der Waals surface area contributed by atoms with Crippen LogP contribution in [0.25, 0.3) is 11.3 Å². The molecule has 0 saturated carbocycles. The van der Waals surface area contributed by atoms with Crippen molar-refractivity contribution in [3.63, 3.8) is 0 Å². The number of fused-ring (bicyclic) bond motifs is 1. The molecule has 2 aliphatic rings. The molecular weight excluding hydrogens is 442 g/mol. The number of hydrogen-bond donors (Lipinski definition) is 0. The Hall–Kier alpha value is -1.82. The van der Waals surface area contributed by atoms with Gasteiger partial charge in [0.2, 0.25) is 0 Å². The van der Waals surface area contributed by atoms with Crippen molar-refractivity contribution in [1.29, 1.82) is 5.26 Å². The second kappa shape index (κ2) is 8.91. The Kier molecular flexibility index (Phi) is 6.58. The predicted molar refractivity (Wildman–Crippen MR) is 117 cm³/mol. The molecule has 0 aliphatic carbocycles. The molecule has 4 rings (SSSR count). The van der Waals surface area contributed by atoms with Crippen LogP contribution in [0.3, 0.4) is 0 Å². The van der Waals surface area contributed by atoms with Crippen LogP contribution in [0.5, 0.6) is 0 Å². The van der Waals surface area contributed by atoms with E-state index in [4.69, 9.17) is 0 Å². The van der Waals surface area contributed by atoms with Crippen LogP contribution in [0.4, 0.5) is 0 Å². The molecule has 140 valence electrons. The summed E-state index contributed by atoms with van der Waals surface area (Å²) in [7, 11) is 0. The fourth-order valence-corrected chi connectivity index (χ4v) is 5.19. The third-order valence-electron chi connectivity index (χ3n) is 4.56. The maximum Gasteiger partial charge on any atom is 0.177 e. The molecule has 2 aromatic heterocycles. The average molecular weight is 462 g/mol. The maximum atomic E-state index is 9.96. The van der Waals surface area contributed by atoms with Crippen LogP contribution in [0, 0.1) is 11.3 Å². The van der Waals surface area contributed by atoms with Gasteiger partial charge in [0.15, 0.2) is 5.82 Å². The highest BCUT2D eigenvalue weighted by Crippen LogP contribution is 2.44. The summed E-state index contributed by atoms with van der Waals surface area (Å²) in [5.74, 6) is 1.69. The van der Waals surface area contributed by atoms with Gasteiger partial charge in [0.05, 0.1) is 10.6 Å². The highest BCUT2D eigenvalue weighted by atomic mass is 79.9. The van der Waals surface area contributed by atoms with Gasteiger partial charge in [-0.1, -0.05) is 30.3 Å². The van der Waals surface area contributed by atoms with Crippen molar-refractivity contribution in [1.82, 2.24) is 19.7 Å². The zero-order valence-electron chi connectivity index (χ0n) is 14.8. The van der Waals surface area contributed by atoms with Gasteiger partial charge < -0.3 is 9.47 Å². The number of nitriles is 1. The van der Waals surface area contributed by atoms with Gasteiger partial charge in [-0.15, -0.1) is 45.1 Å². The SMILES string of the molecule is Br.C=CCN1C(c2cccs2)=CS/C1=C(/C#N)c1nnc2n1CCCCC2. The van der Waals surface area contributed by atoms with E-state index >= 15 is 0 Å². The molecule has 0 spiro atoms. The van der Waals surface area contributed by atoms with Gasteiger partial charge in [-0.05, 0) is 24.3 Å². The number of hydrogen-bond acceptors (Lipinski definition) is 6. The second-order valence-corrected chi connectivity index (χ2v) is 8.00. The first-order chi connectivity index (χ1) is 12.8. The molecule has 27 heavy (non-hydrogen) atoms. The molecule has 2 aliphatic heterocycles. The van der Waals surface area contributed by atoms with Crippen molar-refractivity contribution in [3.8, 4) is 6.07 Å². The van der Waals surface area contributed by atoms with Crippen LogP contribution < -0.4 is 0 Å². The maximum absolute atomic E-state index is 9.96. The highest BCUT2D eigenvalue weighted by Gasteiger charge is 2.29. The average Bonchev–Trinajstić information content (AvgIpc) is 3.36. The molecule has 0 aromatic carbocycles. The first-order valence-corrected chi connectivity index (χ1v) is 10.5. The van der Waals surface area contributed by atoms with Crippen molar-refractivity contribution in [3.05, 3.63) is 57.1 Å². The van der Waals surface area contributed by atoms with Gasteiger partial charge in [-0.25, -0.2) is 0 Å². The van der Waals surface area contributed by atoms with Gasteiger partial charge >= 0.3 is 0 Å². The molecule has 5 nitrogen and oxygen atoms in total. The van der Waals surface area contributed by atoms with Crippen LogP contribution in [-0.2, 0) is 13.0 Å². The van der Waals surface area contributed by atoms with E-state index in [1.807, 2.05) is 12.1 Å². The summed E-state index contributed by atoms with van der Waals surface area (Å²) in [6, 6.07) is 6.55. The molecule has 2 aromatic rings. The predicted octanol–water partition coefficient (Wildman–Crippen LogP) is 5.07. The summed E-state index contributed by atoms with van der Waals surface area (Å²) >= 11 is 3.28. The standard InChI is InChI=1S/C19H19N5S2.BrH/c1-2-9-23-15(16-7-6-11-25-16)13-26-19(23)14(12-20)18-22-21-17-8-4-3-5-10-24(17)18;/h2,6-7,11,13H,1,3-5,8-10H2;1H/b19-14-;. The topological polar surface area (TPSA) is 57.7 Å². The Morgan fingerprint density at radius 2 is 2.22 bits per heavy atom. The third-order valence-corrected chi connectivity index (χ3v) is 6.44. The normalized spacial score (nSPS) is 18.0. The van der Waals surface area contributed by atoms with E-state index in [1.54, 1.807) is 23.1 Å². The zero-order valence-corrected chi connectivity index (χ0v) is 18.1. The summed E-state index contributed by atoms with van der Waals surface area (Å²) < 4.78 is 2.13. The number of rotatable bonds is 4. The minimum Gasteiger partial charge on any atom is -0.329 e. The number of aryl methyl sites for hydroxylation is 1. The Morgan fingerprint density at radius 3 is 2.96 bits per heavy atom. The monoisotopic (exact) mass is 461 g/mol. The Balaban J connectivity index is 0.00000210. The number of halogens is 1. The molecule has 8 heteroatoms. The highest BCUT2D eigenvalue weighted by molar-refractivity contribution is 8.93. The fourth-order valence-electron chi connectivity index (χ4n) is 3.33. The molecular formula is C19H20BrN5S2. The minimum absolute atomic E-state index is 0.